The van der Waals surface area contributed by atoms with Crippen molar-refractivity contribution in [2.45, 2.75) is 148 Å². The van der Waals surface area contributed by atoms with Crippen LogP contribution in [0.15, 0.2) is 45.5 Å². The van der Waals surface area contributed by atoms with Crippen molar-refractivity contribution in [1.82, 2.24) is 0 Å². The fraction of sp³-hybridized carbons (Fsp3) is 0.590. The number of unbranched alkanes of at least 4 members (excludes halogenated alkanes) is 3. The normalized spacial score (nSPS) is 12.6. The first kappa shape index (κ1) is 39.5. The fourth-order valence-electron chi connectivity index (χ4n) is 5.20. The van der Waals surface area contributed by atoms with Gasteiger partial charge in [-0.15, -0.1) is 0 Å². The highest BCUT2D eigenvalue weighted by molar-refractivity contribution is 6.16. The second-order valence-electron chi connectivity index (χ2n) is 12.3. The lowest BCUT2D eigenvalue weighted by Crippen LogP contribution is -2.16. The highest BCUT2D eigenvalue weighted by Crippen LogP contribution is 2.40. The summed E-state index contributed by atoms with van der Waals surface area (Å²) in [5, 5.41) is 9.29. The molecule has 1 aromatic rings. The molecule has 0 fully saturated rings. The molecule has 0 aliphatic carbocycles. The average molecular weight is 579 g/mol. The van der Waals surface area contributed by atoms with Crippen LogP contribution in [0, 0.1) is 17.1 Å². The summed E-state index contributed by atoms with van der Waals surface area (Å²) in [6.45, 7) is 32.9. The molecule has 0 aliphatic heterocycles. The lowest BCUT2D eigenvalue weighted by molar-refractivity contribution is 0.477. The van der Waals surface area contributed by atoms with E-state index in [1.165, 1.54) is 38.5 Å². The minimum atomic E-state index is -0.423. The Bertz CT molecular complexity index is 1200. The smallest absolute Gasteiger partial charge is 0.159 e. The fourth-order valence-corrected chi connectivity index (χ4v) is 5.20. The molecule has 1 N–H and O–H groups in total. The van der Waals surface area contributed by atoms with E-state index in [1.807, 2.05) is 75.3 Å². The van der Waals surface area contributed by atoms with Crippen molar-refractivity contribution in [3.8, 4) is 0 Å². The molecule has 0 amide bonds. The summed E-state index contributed by atoms with van der Waals surface area (Å²) >= 11 is 0. The second kappa shape index (κ2) is 19.6. The average Bonchev–Trinajstić information content (AvgIpc) is 2.94. The minimum Gasteiger partial charge on any atom is -0.300 e. The zero-order chi connectivity index (χ0) is 32.7. The highest BCUT2D eigenvalue weighted by atomic mass is 19.1. The van der Waals surface area contributed by atoms with E-state index in [0.29, 0.717) is 17.7 Å². The maximum Gasteiger partial charge on any atom is 0.159 e. The van der Waals surface area contributed by atoms with Crippen LogP contribution in [0.2, 0.25) is 0 Å². The lowest BCUT2D eigenvalue weighted by Gasteiger charge is -2.24. The Morgan fingerprint density at radius 2 is 1.40 bits per heavy atom. The minimum absolute atomic E-state index is 0.227. The zero-order valence-corrected chi connectivity index (χ0v) is 29.8. The monoisotopic (exact) mass is 578 g/mol. The number of nitrogens with zero attached hydrogens (tertiary/aromatic N) is 1. The van der Waals surface area contributed by atoms with E-state index in [-0.39, 0.29) is 5.71 Å². The summed E-state index contributed by atoms with van der Waals surface area (Å²) in [5.41, 5.74) is 10.2. The molecule has 236 valence electrons. The number of hydrogen-bond donors (Lipinski definition) is 1. The standard InChI is InChI=1S/C29H41FN2.C10H22/c1-13-19(10)21(12)25(20(11)16(4)5)28(31)26-23(15-3)22(14-2)24(17(6)7)29(27(26)30)32-18(8)9;1-4-6-7-8-9-10(3)5-2/h13,31H,6,14-15H2,1-5,7-12H3;10H,4-9H2,1-3H3/b19-13-,25-21-,31-28?;. The van der Waals surface area contributed by atoms with Crippen LogP contribution in [0.3, 0.4) is 0 Å². The highest BCUT2D eigenvalue weighted by Gasteiger charge is 2.28. The number of rotatable bonds is 14. The molecule has 1 atom stereocenters. The molecule has 1 rings (SSSR count). The van der Waals surface area contributed by atoms with Gasteiger partial charge in [0, 0.05) is 22.4 Å². The molecule has 0 heterocycles. The maximum atomic E-state index is 16.3. The van der Waals surface area contributed by atoms with Crippen LogP contribution in [0.5, 0.6) is 0 Å². The van der Waals surface area contributed by atoms with Gasteiger partial charge in [0.05, 0.1) is 5.71 Å². The Morgan fingerprint density at radius 1 is 0.857 bits per heavy atom. The first-order chi connectivity index (χ1) is 19.7. The largest absolute Gasteiger partial charge is 0.300 e. The van der Waals surface area contributed by atoms with Crippen LogP contribution in [-0.4, -0.2) is 11.4 Å². The van der Waals surface area contributed by atoms with Crippen molar-refractivity contribution in [2.75, 3.05) is 0 Å². The molecule has 1 aromatic carbocycles. The quantitative estimate of drug-likeness (QED) is 0.129. The number of halogens is 1. The third-order valence-corrected chi connectivity index (χ3v) is 8.37. The molecular formula is C39H63FN2. The van der Waals surface area contributed by atoms with E-state index in [1.54, 1.807) is 0 Å². The van der Waals surface area contributed by atoms with Crippen molar-refractivity contribution >= 4 is 22.7 Å². The third-order valence-electron chi connectivity index (χ3n) is 8.37. The molecule has 0 aliphatic rings. The van der Waals surface area contributed by atoms with E-state index in [4.69, 9.17) is 0 Å². The van der Waals surface area contributed by atoms with Gasteiger partial charge in [0.25, 0.3) is 0 Å². The predicted octanol–water partition coefficient (Wildman–Crippen LogP) is 13.1. The number of allylic oxidation sites excluding steroid dienone is 7. The van der Waals surface area contributed by atoms with Gasteiger partial charge < -0.3 is 0 Å². The van der Waals surface area contributed by atoms with Crippen LogP contribution < -0.4 is 0 Å². The molecule has 3 heteroatoms. The van der Waals surface area contributed by atoms with Gasteiger partial charge in [-0.05, 0) is 109 Å². The van der Waals surface area contributed by atoms with Crippen LogP contribution in [-0.2, 0) is 12.8 Å². The first-order valence-electron chi connectivity index (χ1n) is 16.3. The Morgan fingerprint density at radius 3 is 1.81 bits per heavy atom. The van der Waals surface area contributed by atoms with E-state index in [0.717, 1.165) is 68.2 Å². The van der Waals surface area contributed by atoms with Crippen molar-refractivity contribution in [2.24, 2.45) is 10.9 Å². The van der Waals surface area contributed by atoms with Crippen molar-refractivity contribution in [3.63, 3.8) is 0 Å². The topological polar surface area (TPSA) is 36.2 Å². The molecule has 0 spiro atoms. The van der Waals surface area contributed by atoms with E-state index < -0.39 is 5.82 Å². The molecule has 0 saturated carbocycles. The summed E-state index contributed by atoms with van der Waals surface area (Å²) in [7, 11) is 0. The molecular weight excluding hydrogens is 515 g/mol. The third kappa shape index (κ3) is 10.9. The Hall–Kier alpha value is -2.55. The number of aliphatic imine (C=N–C) groups is 1. The van der Waals surface area contributed by atoms with Gasteiger partial charge in [-0.3, -0.25) is 10.4 Å². The van der Waals surface area contributed by atoms with Gasteiger partial charge >= 0.3 is 0 Å². The van der Waals surface area contributed by atoms with Crippen molar-refractivity contribution < 1.29 is 4.39 Å². The van der Waals surface area contributed by atoms with Crippen LogP contribution in [0.4, 0.5) is 10.1 Å². The van der Waals surface area contributed by atoms with Crippen molar-refractivity contribution in [3.05, 3.63) is 68.6 Å². The maximum absolute atomic E-state index is 16.3. The number of benzene rings is 1. The van der Waals surface area contributed by atoms with Gasteiger partial charge in [0.1, 0.15) is 5.69 Å². The zero-order valence-electron chi connectivity index (χ0n) is 29.8. The molecule has 42 heavy (non-hydrogen) atoms. The SMILES string of the molecule is C=C(C)c1c(CC)c(CC)c(C(=N)/C(C(C)=C(C)C)=C(C)\C(C)=C/C)c(F)c1N=C(C)C.CCCCCCC(C)CC. The molecule has 0 radical (unpaired) electrons. The van der Waals surface area contributed by atoms with E-state index >= 15 is 4.39 Å². The van der Waals surface area contributed by atoms with E-state index in [2.05, 4.69) is 39.3 Å². The first-order valence-corrected chi connectivity index (χ1v) is 16.3. The summed E-state index contributed by atoms with van der Waals surface area (Å²) < 4.78 is 16.3. The van der Waals surface area contributed by atoms with Crippen molar-refractivity contribution in [1.29, 1.82) is 5.41 Å². The number of nitrogens with one attached hydrogen (secondary N) is 1. The Balaban J connectivity index is 0.00000143. The number of hydrogen-bond acceptors (Lipinski definition) is 2. The lowest BCUT2D eigenvalue weighted by atomic mass is 9.81. The van der Waals surface area contributed by atoms with Gasteiger partial charge in [-0.25, -0.2) is 4.39 Å². The predicted molar refractivity (Wildman–Crippen MR) is 190 cm³/mol. The molecule has 0 bridgehead atoms. The van der Waals surface area contributed by atoms with Crippen LogP contribution in [0.25, 0.3) is 5.57 Å². The molecule has 0 saturated heterocycles. The summed E-state index contributed by atoms with van der Waals surface area (Å²) in [6.07, 6.45) is 11.9. The Kier molecular flexibility index (Phi) is 18.4. The van der Waals surface area contributed by atoms with Gasteiger partial charge in [-0.1, -0.05) is 96.9 Å². The summed E-state index contributed by atoms with van der Waals surface area (Å²) in [6, 6.07) is 0. The van der Waals surface area contributed by atoms with Gasteiger partial charge in [0.2, 0.25) is 0 Å². The second-order valence-corrected chi connectivity index (χ2v) is 12.3. The molecule has 1 unspecified atom stereocenters. The summed E-state index contributed by atoms with van der Waals surface area (Å²) in [5.74, 6) is 0.532. The van der Waals surface area contributed by atoms with E-state index in [9.17, 15) is 5.41 Å². The van der Waals surface area contributed by atoms with Crippen LogP contribution >= 0.6 is 0 Å². The molecule has 0 aromatic heterocycles. The van der Waals surface area contributed by atoms with Gasteiger partial charge in [-0.2, -0.15) is 0 Å². The van der Waals surface area contributed by atoms with Gasteiger partial charge in [0.15, 0.2) is 5.82 Å². The molecule has 2 nitrogen and oxygen atoms in total. The van der Waals surface area contributed by atoms with Crippen LogP contribution in [0.1, 0.15) is 158 Å². The Labute approximate surface area is 259 Å². The summed E-state index contributed by atoms with van der Waals surface area (Å²) in [4.78, 5) is 4.59.